The van der Waals surface area contributed by atoms with E-state index in [1.165, 1.54) is 5.56 Å². The van der Waals surface area contributed by atoms with Crippen molar-refractivity contribution in [2.24, 2.45) is 5.92 Å². The summed E-state index contributed by atoms with van der Waals surface area (Å²) in [5, 5.41) is 0.566. The van der Waals surface area contributed by atoms with Crippen LogP contribution in [-0.4, -0.2) is 69.7 Å². The molecule has 280 valence electrons. The lowest BCUT2D eigenvalue weighted by molar-refractivity contribution is -0.123. The summed E-state index contributed by atoms with van der Waals surface area (Å²) in [7, 11) is 0. The molecule has 0 amide bonds. The molecule has 6 aromatic rings. The van der Waals surface area contributed by atoms with Crippen LogP contribution in [0.5, 0.6) is 0 Å². The van der Waals surface area contributed by atoms with Gasteiger partial charge in [-0.1, -0.05) is 74.5 Å². The molecule has 1 aliphatic heterocycles. The van der Waals surface area contributed by atoms with E-state index in [0.717, 1.165) is 90.9 Å². The summed E-state index contributed by atoms with van der Waals surface area (Å²) in [5.74, 6) is 0.673. The molecular weight excluding hydrogens is 679 g/mol. The second kappa shape index (κ2) is 17.3. The van der Waals surface area contributed by atoms with E-state index in [1.807, 2.05) is 65.2 Å². The van der Waals surface area contributed by atoms with E-state index in [0.29, 0.717) is 30.0 Å². The maximum atomic E-state index is 13.2. The summed E-state index contributed by atoms with van der Waals surface area (Å²) < 4.78 is 13.1. The summed E-state index contributed by atoms with van der Waals surface area (Å²) in [5.41, 5.74) is 7.85. The van der Waals surface area contributed by atoms with Crippen molar-refractivity contribution < 1.29 is 14.3 Å². The van der Waals surface area contributed by atoms with Gasteiger partial charge in [0.2, 0.25) is 0 Å². The highest BCUT2D eigenvalue weighted by atomic mass is 16.5. The second-order valence-electron chi connectivity index (χ2n) is 14.8. The van der Waals surface area contributed by atoms with Gasteiger partial charge < -0.3 is 19.4 Å². The van der Waals surface area contributed by atoms with Crippen LogP contribution in [0, 0.1) is 5.92 Å². The molecule has 1 aliphatic rings. The van der Waals surface area contributed by atoms with Gasteiger partial charge in [0.1, 0.15) is 6.61 Å². The molecule has 7 rings (SSSR count). The zero-order valence-electron chi connectivity index (χ0n) is 31.2. The molecule has 0 atom stereocenters. The monoisotopic (exact) mass is 727 g/mol. The van der Waals surface area contributed by atoms with Crippen molar-refractivity contribution in [3.8, 4) is 22.4 Å². The highest BCUT2D eigenvalue weighted by Gasteiger charge is 2.24. The average Bonchev–Trinajstić information content (AvgIpc) is 3.51. The van der Waals surface area contributed by atoms with Gasteiger partial charge in [-0.3, -0.25) is 19.1 Å². The number of nitrogens with one attached hydrogen (secondary N) is 2. The van der Waals surface area contributed by atoms with Crippen LogP contribution >= 0.6 is 0 Å². The van der Waals surface area contributed by atoms with Gasteiger partial charge in [0.25, 0.3) is 5.56 Å². The Morgan fingerprint density at radius 2 is 1.63 bits per heavy atom. The van der Waals surface area contributed by atoms with Crippen LogP contribution in [0.3, 0.4) is 0 Å². The summed E-state index contributed by atoms with van der Waals surface area (Å²) in [6.07, 6.45) is 5.77. The zero-order chi connectivity index (χ0) is 37.4. The third-order valence-corrected chi connectivity index (χ3v) is 10.3. The SMILES string of the molecule is CC(C)CCCOCCOCC(=O)Cc1ccc2[nH]c(=O)n(C3CCN(Cc4ccc(-c5nc6cc[nH]c(=O)c6cc5-c5ccccc5)cc4)CC3)c2c1. The van der Waals surface area contributed by atoms with Crippen LogP contribution in [0.1, 0.15) is 56.7 Å². The lowest BCUT2D eigenvalue weighted by atomic mass is 9.97. The number of pyridine rings is 2. The Labute approximate surface area is 315 Å². The molecule has 10 nitrogen and oxygen atoms in total. The van der Waals surface area contributed by atoms with Crippen molar-refractivity contribution in [3.05, 3.63) is 123 Å². The van der Waals surface area contributed by atoms with Crippen LogP contribution in [0.15, 0.2) is 101 Å². The summed E-state index contributed by atoms with van der Waals surface area (Å²) in [6, 6.07) is 28.2. The van der Waals surface area contributed by atoms with Crippen LogP contribution in [-0.2, 0) is 27.2 Å². The van der Waals surface area contributed by atoms with Gasteiger partial charge in [-0.15, -0.1) is 0 Å². The van der Waals surface area contributed by atoms with Crippen molar-refractivity contribution in [2.75, 3.05) is 39.5 Å². The number of aromatic nitrogens is 4. The van der Waals surface area contributed by atoms with Gasteiger partial charge in [0.05, 0.1) is 40.8 Å². The minimum absolute atomic E-state index is 0.00158. The fraction of sp³-hybridized carbons (Fsp3) is 0.364. The molecule has 0 aliphatic carbocycles. The number of imidazole rings is 1. The molecular formula is C44H49N5O5. The summed E-state index contributed by atoms with van der Waals surface area (Å²) in [4.78, 5) is 51.6. The topological polar surface area (TPSA) is 122 Å². The number of rotatable bonds is 16. The Morgan fingerprint density at radius 3 is 2.41 bits per heavy atom. The van der Waals surface area contributed by atoms with Crippen LogP contribution in [0.2, 0.25) is 0 Å². The molecule has 1 fully saturated rings. The third kappa shape index (κ3) is 8.95. The molecule has 1 saturated heterocycles. The second-order valence-corrected chi connectivity index (χ2v) is 14.8. The van der Waals surface area contributed by atoms with Gasteiger partial charge in [-0.25, -0.2) is 9.78 Å². The fourth-order valence-corrected chi connectivity index (χ4v) is 7.45. The van der Waals surface area contributed by atoms with Crippen molar-refractivity contribution in [3.63, 3.8) is 0 Å². The number of carbonyl (C=O) groups excluding carboxylic acids is 1. The standard InChI is InChI=1S/C44H49N5O5/c1-30(2)7-6-22-53-23-24-54-29-36(50)25-32-12-15-40-41(26-32)49(44(52)47-40)35-17-20-48(21-18-35)28-31-10-13-34(14-11-31)42-37(33-8-4-3-5-9-33)27-38-39(46-42)16-19-45-43(38)51/h3-5,8-16,19,26-27,30,35H,6-7,17-18,20-25,28-29H2,1-2H3,(H,45,51)(H,47,52). The number of benzene rings is 3. The Balaban J connectivity index is 0.954. The van der Waals surface area contributed by atoms with Gasteiger partial charge >= 0.3 is 5.69 Å². The average molecular weight is 728 g/mol. The first-order valence-electron chi connectivity index (χ1n) is 19.1. The molecule has 0 unspecified atom stereocenters. The highest BCUT2D eigenvalue weighted by Crippen LogP contribution is 2.33. The number of hydrogen-bond donors (Lipinski definition) is 2. The molecule has 0 spiro atoms. The number of aromatic amines is 2. The van der Waals surface area contributed by atoms with Gasteiger partial charge in [-0.2, -0.15) is 0 Å². The van der Waals surface area contributed by atoms with Crippen LogP contribution in [0.4, 0.5) is 0 Å². The lowest BCUT2D eigenvalue weighted by Gasteiger charge is -2.32. The fourth-order valence-electron chi connectivity index (χ4n) is 7.45. The molecule has 2 N–H and O–H groups in total. The molecule has 0 bridgehead atoms. The van der Waals surface area contributed by atoms with E-state index in [2.05, 4.69) is 53.0 Å². The normalized spacial score (nSPS) is 14.1. The quantitative estimate of drug-likeness (QED) is 0.100. The Hall–Kier alpha value is -5.16. The summed E-state index contributed by atoms with van der Waals surface area (Å²) in [6.45, 7) is 8.59. The first-order valence-corrected chi connectivity index (χ1v) is 19.1. The van der Waals surface area contributed by atoms with E-state index in [1.54, 1.807) is 6.20 Å². The number of ether oxygens (including phenoxy) is 2. The number of hydrogen-bond acceptors (Lipinski definition) is 7. The first kappa shape index (κ1) is 37.2. The van der Waals surface area contributed by atoms with Crippen molar-refractivity contribution >= 4 is 27.7 Å². The Kier molecular flexibility index (Phi) is 11.9. The first-order chi connectivity index (χ1) is 26.3. The predicted octanol–water partition coefficient (Wildman–Crippen LogP) is 7.32. The van der Waals surface area contributed by atoms with Gasteiger partial charge in [0.15, 0.2) is 5.78 Å². The number of Topliss-reactive ketones (excluding diaryl/α,β-unsaturated/α-hetero) is 1. The number of fused-ring (bicyclic) bond motifs is 2. The van der Waals surface area contributed by atoms with E-state index in [4.69, 9.17) is 14.5 Å². The number of nitrogens with zero attached hydrogens (tertiary/aromatic N) is 3. The maximum Gasteiger partial charge on any atom is 0.326 e. The Morgan fingerprint density at radius 1 is 0.870 bits per heavy atom. The molecule has 54 heavy (non-hydrogen) atoms. The number of H-pyrrole nitrogens is 2. The number of ketones is 1. The van der Waals surface area contributed by atoms with Crippen molar-refractivity contribution in [1.29, 1.82) is 0 Å². The molecule has 0 saturated carbocycles. The molecule has 10 heteroatoms. The van der Waals surface area contributed by atoms with E-state index < -0.39 is 0 Å². The lowest BCUT2D eigenvalue weighted by Crippen LogP contribution is -2.36. The minimum atomic E-state index is -0.153. The van der Waals surface area contributed by atoms with Gasteiger partial charge in [0, 0.05) is 56.0 Å². The maximum absolute atomic E-state index is 13.2. The smallest absolute Gasteiger partial charge is 0.326 e. The summed E-state index contributed by atoms with van der Waals surface area (Å²) >= 11 is 0. The highest BCUT2D eigenvalue weighted by molar-refractivity contribution is 5.91. The van der Waals surface area contributed by atoms with E-state index >= 15 is 0 Å². The van der Waals surface area contributed by atoms with Gasteiger partial charge in [-0.05, 0) is 72.6 Å². The number of likely N-dealkylation sites (tertiary alicyclic amines) is 1. The van der Waals surface area contributed by atoms with Crippen LogP contribution < -0.4 is 11.2 Å². The molecule has 0 radical (unpaired) electrons. The van der Waals surface area contributed by atoms with Crippen LogP contribution in [0.25, 0.3) is 44.3 Å². The molecule has 3 aromatic carbocycles. The van der Waals surface area contributed by atoms with Crippen molar-refractivity contribution in [1.82, 2.24) is 24.4 Å². The molecule has 3 aromatic heterocycles. The Bertz CT molecular complexity index is 2300. The number of piperidine rings is 1. The predicted molar refractivity (Wildman–Crippen MR) is 214 cm³/mol. The zero-order valence-corrected chi connectivity index (χ0v) is 31.2. The third-order valence-electron chi connectivity index (χ3n) is 10.3. The van der Waals surface area contributed by atoms with Crippen molar-refractivity contribution in [2.45, 2.75) is 58.5 Å². The van der Waals surface area contributed by atoms with E-state index in [-0.39, 0.29) is 36.1 Å². The molecule has 4 heterocycles. The van der Waals surface area contributed by atoms with E-state index in [9.17, 15) is 14.4 Å². The number of carbonyl (C=O) groups is 1. The minimum Gasteiger partial charge on any atom is -0.379 e. The largest absolute Gasteiger partial charge is 0.379 e.